The second kappa shape index (κ2) is 3.80. The van der Waals surface area contributed by atoms with Crippen LogP contribution in [0.3, 0.4) is 0 Å². The van der Waals surface area contributed by atoms with E-state index in [1.807, 2.05) is 30.3 Å². The predicted molar refractivity (Wildman–Crippen MR) is 64.7 cm³/mol. The van der Waals surface area contributed by atoms with Crippen molar-refractivity contribution in [2.45, 2.75) is 38.0 Å². The van der Waals surface area contributed by atoms with Gasteiger partial charge in [0.1, 0.15) is 5.78 Å². The molecule has 2 nitrogen and oxygen atoms in total. The van der Waals surface area contributed by atoms with E-state index in [0.717, 1.165) is 31.2 Å². The third-order valence-corrected chi connectivity index (χ3v) is 4.37. The van der Waals surface area contributed by atoms with Gasteiger partial charge in [-0.25, -0.2) is 0 Å². The third-order valence-electron chi connectivity index (χ3n) is 4.37. The van der Waals surface area contributed by atoms with E-state index in [0.29, 0.717) is 6.42 Å². The van der Waals surface area contributed by atoms with Crippen LogP contribution in [0.25, 0.3) is 0 Å². The van der Waals surface area contributed by atoms with Gasteiger partial charge in [-0.1, -0.05) is 43.2 Å². The highest BCUT2D eigenvalue weighted by atomic mass is 16.2. The van der Waals surface area contributed by atoms with Crippen molar-refractivity contribution in [1.82, 2.24) is 0 Å². The summed E-state index contributed by atoms with van der Waals surface area (Å²) in [4.78, 5) is 24.7. The summed E-state index contributed by atoms with van der Waals surface area (Å²) in [6.07, 6.45) is 4.04. The van der Waals surface area contributed by atoms with Gasteiger partial charge in [0.25, 0.3) is 0 Å². The zero-order valence-corrected chi connectivity index (χ0v) is 9.82. The fraction of sp³-hybridized carbons (Fsp3) is 0.467. The molecular weight excluding hydrogens is 212 g/mol. The second-order valence-electron chi connectivity index (χ2n) is 5.24. The zero-order valence-electron chi connectivity index (χ0n) is 9.82. The number of hydrogen-bond acceptors (Lipinski definition) is 2. The highest BCUT2D eigenvalue weighted by Crippen LogP contribution is 2.50. The molecule has 0 aliphatic heterocycles. The first-order valence-electron chi connectivity index (χ1n) is 6.37. The fourth-order valence-corrected chi connectivity index (χ4v) is 3.40. The van der Waals surface area contributed by atoms with Crippen LogP contribution in [-0.4, -0.2) is 11.6 Å². The zero-order chi connectivity index (χ0) is 11.9. The van der Waals surface area contributed by atoms with Crippen molar-refractivity contribution in [3.63, 3.8) is 0 Å². The average Bonchev–Trinajstić information content (AvgIpc) is 2.94. The first-order valence-corrected chi connectivity index (χ1v) is 6.37. The fourth-order valence-electron chi connectivity index (χ4n) is 3.40. The van der Waals surface area contributed by atoms with Gasteiger partial charge in [-0.05, 0) is 18.4 Å². The molecule has 1 aromatic carbocycles. The van der Waals surface area contributed by atoms with Gasteiger partial charge in [0, 0.05) is 6.42 Å². The van der Waals surface area contributed by atoms with Crippen molar-refractivity contribution in [2.75, 3.05) is 0 Å². The van der Waals surface area contributed by atoms with E-state index in [-0.39, 0.29) is 17.5 Å². The number of hydrogen-bond donors (Lipinski definition) is 0. The maximum absolute atomic E-state index is 12.5. The average molecular weight is 228 g/mol. The third kappa shape index (κ3) is 1.47. The molecule has 2 fully saturated rings. The van der Waals surface area contributed by atoms with E-state index in [1.54, 1.807) is 0 Å². The Morgan fingerprint density at radius 3 is 2.29 bits per heavy atom. The van der Waals surface area contributed by atoms with E-state index >= 15 is 0 Å². The van der Waals surface area contributed by atoms with Crippen LogP contribution in [-0.2, 0) is 9.59 Å². The molecule has 0 N–H and O–H groups in total. The number of benzene rings is 1. The molecule has 2 aliphatic carbocycles. The Morgan fingerprint density at radius 1 is 1.00 bits per heavy atom. The summed E-state index contributed by atoms with van der Waals surface area (Å²) >= 11 is 0. The highest BCUT2D eigenvalue weighted by molar-refractivity contribution is 6.16. The standard InChI is InChI=1S/C15H16O2/c16-13-10-12(11-6-2-1-3-7-11)14(17)15(13)8-4-5-9-15/h1-3,6-7,12H,4-5,8-10H2. The van der Waals surface area contributed by atoms with Gasteiger partial charge in [-0.15, -0.1) is 0 Å². The summed E-state index contributed by atoms with van der Waals surface area (Å²) in [5.41, 5.74) is 0.412. The number of carbonyl (C=O) groups excluding carboxylic acids is 2. The highest BCUT2D eigenvalue weighted by Gasteiger charge is 2.55. The Kier molecular flexibility index (Phi) is 2.39. The number of Topliss-reactive ketones (excluding diaryl/α,β-unsaturated/α-hetero) is 2. The van der Waals surface area contributed by atoms with Crippen molar-refractivity contribution in [1.29, 1.82) is 0 Å². The van der Waals surface area contributed by atoms with Crippen LogP contribution < -0.4 is 0 Å². The van der Waals surface area contributed by atoms with Crippen LogP contribution in [0.5, 0.6) is 0 Å². The second-order valence-corrected chi connectivity index (χ2v) is 5.24. The summed E-state index contributed by atoms with van der Waals surface area (Å²) in [6.45, 7) is 0. The molecule has 1 unspecified atom stereocenters. The minimum absolute atomic E-state index is 0.179. The maximum Gasteiger partial charge on any atom is 0.154 e. The smallest absolute Gasteiger partial charge is 0.154 e. The Bertz CT molecular complexity index is 455. The Labute approximate surface area is 101 Å². The van der Waals surface area contributed by atoms with E-state index in [2.05, 4.69) is 0 Å². The minimum atomic E-state index is -0.597. The van der Waals surface area contributed by atoms with Crippen LogP contribution in [0.4, 0.5) is 0 Å². The summed E-state index contributed by atoms with van der Waals surface area (Å²) in [7, 11) is 0. The minimum Gasteiger partial charge on any atom is -0.299 e. The molecule has 0 saturated heterocycles. The molecule has 1 atom stereocenters. The Hall–Kier alpha value is -1.44. The number of rotatable bonds is 1. The summed E-state index contributed by atoms with van der Waals surface area (Å²) in [5, 5.41) is 0. The van der Waals surface area contributed by atoms with Crippen molar-refractivity contribution >= 4 is 11.6 Å². The number of carbonyl (C=O) groups is 2. The summed E-state index contributed by atoms with van der Waals surface area (Å²) < 4.78 is 0. The van der Waals surface area contributed by atoms with Crippen LogP contribution >= 0.6 is 0 Å². The van der Waals surface area contributed by atoms with Crippen LogP contribution in [0.15, 0.2) is 30.3 Å². The molecule has 0 bridgehead atoms. The van der Waals surface area contributed by atoms with Gasteiger partial charge in [0.15, 0.2) is 5.78 Å². The monoisotopic (exact) mass is 228 g/mol. The van der Waals surface area contributed by atoms with E-state index in [4.69, 9.17) is 0 Å². The molecular formula is C15H16O2. The number of ketones is 2. The van der Waals surface area contributed by atoms with E-state index < -0.39 is 5.41 Å². The molecule has 2 saturated carbocycles. The molecule has 1 aromatic rings. The molecule has 88 valence electrons. The van der Waals surface area contributed by atoms with Crippen molar-refractivity contribution < 1.29 is 9.59 Å². The van der Waals surface area contributed by atoms with Gasteiger partial charge < -0.3 is 0 Å². The lowest BCUT2D eigenvalue weighted by Gasteiger charge is -2.19. The van der Waals surface area contributed by atoms with Gasteiger partial charge in [0.05, 0.1) is 11.3 Å². The Morgan fingerprint density at radius 2 is 1.65 bits per heavy atom. The quantitative estimate of drug-likeness (QED) is 0.693. The lowest BCUT2D eigenvalue weighted by Crippen LogP contribution is -2.30. The first-order chi connectivity index (χ1) is 8.24. The SMILES string of the molecule is O=C1CC(c2ccccc2)C(=O)C12CCCC2. The molecule has 17 heavy (non-hydrogen) atoms. The molecule has 2 heteroatoms. The summed E-state index contributed by atoms with van der Waals surface area (Å²) in [6, 6.07) is 9.74. The first kappa shape index (κ1) is 10.7. The van der Waals surface area contributed by atoms with Gasteiger partial charge in [0.2, 0.25) is 0 Å². The molecule has 1 spiro atoms. The van der Waals surface area contributed by atoms with Crippen LogP contribution in [0.1, 0.15) is 43.6 Å². The topological polar surface area (TPSA) is 34.1 Å². The van der Waals surface area contributed by atoms with Gasteiger partial charge in [-0.2, -0.15) is 0 Å². The van der Waals surface area contributed by atoms with Crippen molar-refractivity contribution in [2.24, 2.45) is 5.41 Å². The molecule has 0 radical (unpaired) electrons. The van der Waals surface area contributed by atoms with Crippen LogP contribution in [0, 0.1) is 5.41 Å². The van der Waals surface area contributed by atoms with Crippen molar-refractivity contribution in [3.8, 4) is 0 Å². The predicted octanol–water partition coefficient (Wildman–Crippen LogP) is 2.87. The van der Waals surface area contributed by atoms with Gasteiger partial charge >= 0.3 is 0 Å². The Balaban J connectivity index is 1.96. The normalized spacial score (nSPS) is 26.9. The lowest BCUT2D eigenvalue weighted by atomic mass is 9.81. The maximum atomic E-state index is 12.5. The molecule has 2 aliphatic rings. The van der Waals surface area contributed by atoms with E-state index in [9.17, 15) is 9.59 Å². The van der Waals surface area contributed by atoms with Crippen molar-refractivity contribution in [3.05, 3.63) is 35.9 Å². The molecule has 0 amide bonds. The van der Waals surface area contributed by atoms with Crippen LogP contribution in [0.2, 0.25) is 0 Å². The van der Waals surface area contributed by atoms with E-state index in [1.165, 1.54) is 0 Å². The summed E-state index contributed by atoms with van der Waals surface area (Å²) in [5.74, 6) is 0.196. The largest absolute Gasteiger partial charge is 0.299 e. The molecule has 0 aromatic heterocycles. The molecule has 0 heterocycles. The molecule has 3 rings (SSSR count). The van der Waals surface area contributed by atoms with Gasteiger partial charge in [-0.3, -0.25) is 9.59 Å². The lowest BCUT2D eigenvalue weighted by molar-refractivity contribution is -0.134.